The van der Waals surface area contributed by atoms with E-state index in [1.54, 1.807) is 18.6 Å². The Morgan fingerprint density at radius 3 is 2.88 bits per heavy atom. The molecule has 0 saturated carbocycles. The Morgan fingerprint density at radius 1 is 1.46 bits per heavy atom. The van der Waals surface area contributed by atoms with Crippen LogP contribution in [0.1, 0.15) is 34.7 Å². The molecule has 1 aliphatic rings. The third kappa shape index (κ3) is 4.73. The number of aromatic nitrogens is 3. The third-order valence-corrected chi connectivity index (χ3v) is 4.10. The number of ketones is 1. The first kappa shape index (κ1) is 17.8. The predicted molar refractivity (Wildman–Crippen MR) is 88.6 cm³/mol. The zero-order valence-electron chi connectivity index (χ0n) is 13.7. The van der Waals surface area contributed by atoms with Gasteiger partial charge in [0.25, 0.3) is 6.47 Å². The van der Waals surface area contributed by atoms with Gasteiger partial charge in [-0.3, -0.25) is 19.5 Å². The number of imidazole rings is 1. The fourth-order valence-corrected chi connectivity index (χ4v) is 2.89. The minimum absolute atomic E-state index is 0.0490. The lowest BCUT2D eigenvalue weighted by atomic mass is 9.92. The molecule has 0 aliphatic carbocycles. The molecule has 1 aliphatic heterocycles. The number of likely N-dealkylation sites (tertiary alicyclic amines) is 1. The van der Waals surface area contributed by atoms with Gasteiger partial charge in [-0.15, -0.1) is 0 Å². The molecule has 24 heavy (non-hydrogen) atoms. The van der Waals surface area contributed by atoms with Crippen molar-refractivity contribution in [3.8, 4) is 0 Å². The van der Waals surface area contributed by atoms with E-state index >= 15 is 0 Å². The van der Waals surface area contributed by atoms with Crippen molar-refractivity contribution in [2.75, 3.05) is 13.1 Å². The van der Waals surface area contributed by atoms with Crippen LogP contribution in [0.2, 0.25) is 0 Å². The highest BCUT2D eigenvalue weighted by Gasteiger charge is 2.27. The Kier molecular flexibility index (Phi) is 6.62. The minimum Gasteiger partial charge on any atom is -0.483 e. The van der Waals surface area contributed by atoms with Crippen LogP contribution in [-0.2, 0) is 11.3 Å². The first-order valence-electron chi connectivity index (χ1n) is 7.90. The van der Waals surface area contributed by atoms with Gasteiger partial charge in [-0.05, 0) is 38.4 Å². The quantitative estimate of drug-likeness (QED) is 0.656. The third-order valence-electron chi connectivity index (χ3n) is 4.10. The lowest BCUT2D eigenvalue weighted by Gasteiger charge is -2.31. The normalized spacial score (nSPS) is 17.6. The largest absolute Gasteiger partial charge is 0.483 e. The second kappa shape index (κ2) is 8.93. The average Bonchev–Trinajstić information content (AvgIpc) is 3.01. The summed E-state index contributed by atoms with van der Waals surface area (Å²) in [5, 5.41) is 6.89. The summed E-state index contributed by atoms with van der Waals surface area (Å²) in [5.74, 6) is 0.215. The van der Waals surface area contributed by atoms with Crippen LogP contribution in [0.25, 0.3) is 0 Å². The Bertz CT molecular complexity index is 657. The molecule has 2 aromatic rings. The minimum atomic E-state index is -0.250. The molecule has 3 rings (SSSR count). The Hall–Kier alpha value is -2.54. The van der Waals surface area contributed by atoms with E-state index in [9.17, 15) is 4.79 Å². The molecule has 0 spiro atoms. The maximum atomic E-state index is 12.5. The van der Waals surface area contributed by atoms with Crippen molar-refractivity contribution in [3.05, 3.63) is 47.8 Å². The zero-order chi connectivity index (χ0) is 17.4. The number of carbonyl (C=O) groups excluding carboxylic acids is 1. The molecular formula is C17H22N4O3. The van der Waals surface area contributed by atoms with E-state index < -0.39 is 0 Å². The van der Waals surface area contributed by atoms with E-state index in [1.807, 2.05) is 19.1 Å². The highest BCUT2D eigenvalue weighted by molar-refractivity contribution is 5.96. The number of nitrogens with zero attached hydrogens (tertiary/aromatic N) is 3. The van der Waals surface area contributed by atoms with Crippen LogP contribution in [-0.4, -0.2) is 50.3 Å². The molecule has 0 bridgehead atoms. The second-order valence-corrected chi connectivity index (χ2v) is 5.73. The molecule has 3 heterocycles. The number of hydrogen-bond donors (Lipinski definition) is 2. The van der Waals surface area contributed by atoms with Gasteiger partial charge < -0.3 is 10.1 Å². The number of hydrogen-bond acceptors (Lipinski definition) is 5. The number of aryl methyl sites for hydroxylation is 1. The fraction of sp³-hybridized carbons (Fsp3) is 0.412. The van der Waals surface area contributed by atoms with Gasteiger partial charge in [-0.2, -0.15) is 0 Å². The van der Waals surface area contributed by atoms with E-state index in [4.69, 9.17) is 9.90 Å². The van der Waals surface area contributed by atoms with Crippen molar-refractivity contribution in [3.63, 3.8) is 0 Å². The molecule has 2 aromatic heterocycles. The number of piperidine rings is 1. The number of nitrogens with one attached hydrogen (secondary N) is 1. The summed E-state index contributed by atoms with van der Waals surface area (Å²) in [6.07, 6.45) is 5.41. The van der Waals surface area contributed by atoms with Crippen LogP contribution in [0, 0.1) is 12.8 Å². The topological polar surface area (TPSA) is 99.2 Å². The van der Waals surface area contributed by atoms with E-state index in [2.05, 4.69) is 19.9 Å². The van der Waals surface area contributed by atoms with Gasteiger partial charge in [0.15, 0.2) is 5.78 Å². The number of rotatable bonds is 4. The van der Waals surface area contributed by atoms with Gasteiger partial charge >= 0.3 is 0 Å². The van der Waals surface area contributed by atoms with Crippen LogP contribution < -0.4 is 0 Å². The Balaban J connectivity index is 0.000000647. The fourth-order valence-electron chi connectivity index (χ4n) is 2.89. The van der Waals surface area contributed by atoms with Crippen molar-refractivity contribution in [1.29, 1.82) is 0 Å². The lowest BCUT2D eigenvalue weighted by Crippen LogP contribution is -2.38. The van der Waals surface area contributed by atoms with E-state index in [0.717, 1.165) is 43.9 Å². The van der Waals surface area contributed by atoms with E-state index in [1.165, 1.54) is 0 Å². The SMILES string of the molecule is Cc1[nH]cnc1CN1CCCC(C(=O)c2ccccn2)C1.O=CO. The van der Waals surface area contributed by atoms with E-state index in [-0.39, 0.29) is 18.2 Å². The molecule has 0 radical (unpaired) electrons. The molecule has 0 aromatic carbocycles. The van der Waals surface area contributed by atoms with Crippen LogP contribution in [0.15, 0.2) is 30.7 Å². The highest BCUT2D eigenvalue weighted by Crippen LogP contribution is 2.21. The van der Waals surface area contributed by atoms with Crippen LogP contribution in [0.4, 0.5) is 0 Å². The smallest absolute Gasteiger partial charge is 0.290 e. The summed E-state index contributed by atoms with van der Waals surface area (Å²) in [4.78, 5) is 34.8. The van der Waals surface area contributed by atoms with Crippen molar-refractivity contribution < 1.29 is 14.7 Å². The summed E-state index contributed by atoms with van der Waals surface area (Å²) in [5.41, 5.74) is 2.76. The zero-order valence-corrected chi connectivity index (χ0v) is 13.7. The number of carbonyl (C=O) groups is 2. The molecule has 7 heteroatoms. The number of Topliss-reactive ketones (excluding diaryl/α,β-unsaturated/α-hetero) is 1. The van der Waals surface area contributed by atoms with Crippen molar-refractivity contribution >= 4 is 12.3 Å². The van der Waals surface area contributed by atoms with E-state index in [0.29, 0.717) is 5.69 Å². The summed E-state index contributed by atoms with van der Waals surface area (Å²) < 4.78 is 0. The highest BCUT2D eigenvalue weighted by atomic mass is 16.3. The molecule has 0 amide bonds. The van der Waals surface area contributed by atoms with Gasteiger partial charge in [-0.25, -0.2) is 4.98 Å². The summed E-state index contributed by atoms with van der Waals surface area (Å²) in [7, 11) is 0. The number of carboxylic acid groups (broad SMARTS) is 1. The molecule has 1 fully saturated rings. The number of pyridine rings is 1. The standard InChI is InChI=1S/C16H20N4O.CH2O2/c1-12-15(19-11-18-12)10-20-8-4-5-13(9-20)16(21)14-6-2-3-7-17-14;2-1-3/h2-3,6-7,11,13H,4-5,8-10H2,1H3,(H,18,19);1H,(H,2,3). The van der Waals surface area contributed by atoms with Gasteiger partial charge in [0, 0.05) is 30.9 Å². The maximum Gasteiger partial charge on any atom is 0.290 e. The summed E-state index contributed by atoms with van der Waals surface area (Å²) >= 11 is 0. The molecule has 128 valence electrons. The van der Waals surface area contributed by atoms with Gasteiger partial charge in [0.1, 0.15) is 5.69 Å². The number of H-pyrrole nitrogens is 1. The van der Waals surface area contributed by atoms with Gasteiger partial charge in [0.2, 0.25) is 0 Å². The first-order chi connectivity index (χ1) is 11.7. The maximum absolute atomic E-state index is 12.5. The molecule has 1 atom stereocenters. The van der Waals surface area contributed by atoms with Crippen molar-refractivity contribution in [2.45, 2.75) is 26.3 Å². The molecule has 1 unspecified atom stereocenters. The molecular weight excluding hydrogens is 308 g/mol. The Morgan fingerprint density at radius 2 is 2.25 bits per heavy atom. The lowest BCUT2D eigenvalue weighted by molar-refractivity contribution is -0.122. The first-order valence-corrected chi connectivity index (χ1v) is 7.90. The van der Waals surface area contributed by atoms with Crippen LogP contribution in [0.5, 0.6) is 0 Å². The predicted octanol–water partition coefficient (Wildman–Crippen LogP) is 1.91. The van der Waals surface area contributed by atoms with Gasteiger partial charge in [0.05, 0.1) is 12.0 Å². The average molecular weight is 330 g/mol. The molecule has 7 nitrogen and oxygen atoms in total. The van der Waals surface area contributed by atoms with Crippen molar-refractivity contribution in [2.24, 2.45) is 5.92 Å². The molecule has 2 N–H and O–H groups in total. The van der Waals surface area contributed by atoms with Crippen LogP contribution >= 0.6 is 0 Å². The van der Waals surface area contributed by atoms with Crippen LogP contribution in [0.3, 0.4) is 0 Å². The van der Waals surface area contributed by atoms with Crippen molar-refractivity contribution in [1.82, 2.24) is 19.9 Å². The monoisotopic (exact) mass is 330 g/mol. The Labute approximate surface area is 140 Å². The number of aromatic amines is 1. The molecule has 1 saturated heterocycles. The van der Waals surface area contributed by atoms with Gasteiger partial charge in [-0.1, -0.05) is 6.07 Å². The second-order valence-electron chi connectivity index (χ2n) is 5.73. The summed E-state index contributed by atoms with van der Waals surface area (Å²) in [6.45, 7) is 4.41. The summed E-state index contributed by atoms with van der Waals surface area (Å²) in [6, 6.07) is 5.51.